The highest BCUT2D eigenvalue weighted by Crippen LogP contribution is 2.70. The van der Waals surface area contributed by atoms with Gasteiger partial charge < -0.3 is 4.52 Å². The van der Waals surface area contributed by atoms with Crippen LogP contribution in [0.4, 0.5) is 0 Å². The third kappa shape index (κ3) is 2.21. The Kier molecular flexibility index (Phi) is 3.20. The Morgan fingerprint density at radius 2 is 2.10 bits per heavy atom. The third-order valence-corrected chi connectivity index (χ3v) is 6.73. The van der Waals surface area contributed by atoms with Crippen molar-refractivity contribution in [1.29, 1.82) is 0 Å². The van der Waals surface area contributed by atoms with E-state index in [-0.39, 0.29) is 17.5 Å². The molecule has 2 aliphatic carbocycles. The van der Waals surface area contributed by atoms with E-state index in [1.54, 1.807) is 6.20 Å². The molecule has 1 saturated carbocycles. The molecule has 0 amide bonds. The Bertz CT molecular complexity index is 1340. The van der Waals surface area contributed by atoms with Crippen LogP contribution in [-0.2, 0) is 18.4 Å². The molecule has 0 radical (unpaired) electrons. The quantitative estimate of drug-likeness (QED) is 0.539. The minimum atomic E-state index is -0.149. The topological polar surface area (TPSA) is 86.7 Å². The highest BCUT2D eigenvalue weighted by atomic mass is 16.5. The van der Waals surface area contributed by atoms with Crippen molar-refractivity contribution in [3.05, 3.63) is 81.6 Å². The van der Waals surface area contributed by atoms with Crippen LogP contribution in [0.15, 0.2) is 52.2 Å². The molecule has 7 nitrogen and oxygen atoms in total. The van der Waals surface area contributed by atoms with Gasteiger partial charge in [-0.2, -0.15) is 4.98 Å². The molecule has 1 fully saturated rings. The van der Waals surface area contributed by atoms with E-state index in [4.69, 9.17) is 4.52 Å². The Balaban J connectivity index is 1.32. The minimum absolute atomic E-state index is 0.0940. The number of hydrogen-bond donors (Lipinski definition) is 0. The minimum Gasteiger partial charge on any atom is -0.337 e. The first-order chi connectivity index (χ1) is 14.1. The summed E-state index contributed by atoms with van der Waals surface area (Å²) in [5, 5.41) is 4.80. The molecule has 3 atom stereocenters. The number of aryl methyl sites for hydroxylation is 1. The summed E-state index contributed by atoms with van der Waals surface area (Å²) >= 11 is 0. The average Bonchev–Trinajstić information content (AvgIpc) is 3.10. The Morgan fingerprint density at radius 3 is 3.00 bits per heavy atom. The molecule has 6 rings (SSSR count). The van der Waals surface area contributed by atoms with Crippen LogP contribution >= 0.6 is 0 Å². The highest BCUT2D eigenvalue weighted by molar-refractivity contribution is 5.76. The molecule has 0 spiro atoms. The second-order valence-electron chi connectivity index (χ2n) is 8.29. The maximum atomic E-state index is 12.9. The van der Waals surface area contributed by atoms with Crippen LogP contribution in [0.25, 0.3) is 11.0 Å². The van der Waals surface area contributed by atoms with Crippen molar-refractivity contribution in [2.75, 3.05) is 0 Å². The van der Waals surface area contributed by atoms with Crippen molar-refractivity contribution >= 4 is 11.0 Å². The Morgan fingerprint density at radius 1 is 1.24 bits per heavy atom. The van der Waals surface area contributed by atoms with Gasteiger partial charge in [0.05, 0.1) is 5.39 Å². The van der Waals surface area contributed by atoms with Crippen molar-refractivity contribution < 1.29 is 4.52 Å². The largest absolute Gasteiger partial charge is 0.337 e. The summed E-state index contributed by atoms with van der Waals surface area (Å²) in [5.41, 5.74) is 3.90. The molecule has 0 bridgehead atoms. The smallest absolute Gasteiger partial charge is 0.263 e. The van der Waals surface area contributed by atoms with E-state index in [1.807, 2.05) is 13.0 Å². The van der Waals surface area contributed by atoms with Crippen molar-refractivity contribution in [2.45, 2.75) is 38.1 Å². The fourth-order valence-corrected chi connectivity index (χ4v) is 5.06. The van der Waals surface area contributed by atoms with Gasteiger partial charge in [-0.25, -0.2) is 9.97 Å². The molecule has 3 heterocycles. The molecule has 4 aromatic rings. The van der Waals surface area contributed by atoms with Gasteiger partial charge in [-0.15, -0.1) is 0 Å². The summed E-state index contributed by atoms with van der Waals surface area (Å²) in [5.74, 6) is 2.12. The molecule has 7 heteroatoms. The second kappa shape index (κ2) is 5.59. The summed E-state index contributed by atoms with van der Waals surface area (Å²) in [4.78, 5) is 26.0. The van der Waals surface area contributed by atoms with Gasteiger partial charge >= 0.3 is 0 Å². The first-order valence-corrected chi connectivity index (χ1v) is 9.79. The van der Waals surface area contributed by atoms with Gasteiger partial charge in [0.1, 0.15) is 12.9 Å². The van der Waals surface area contributed by atoms with Gasteiger partial charge in [0, 0.05) is 17.5 Å². The molecule has 144 valence electrons. The van der Waals surface area contributed by atoms with Gasteiger partial charge in [-0.1, -0.05) is 36.3 Å². The Labute approximate surface area is 166 Å². The van der Waals surface area contributed by atoms with Gasteiger partial charge in [-0.05, 0) is 42.0 Å². The predicted octanol–water partition coefficient (Wildman–Crippen LogP) is 2.76. The van der Waals surface area contributed by atoms with Crippen molar-refractivity contribution in [3.63, 3.8) is 0 Å². The summed E-state index contributed by atoms with van der Waals surface area (Å²) in [6.07, 6.45) is 4.20. The van der Waals surface area contributed by atoms with Gasteiger partial charge in [0.15, 0.2) is 11.5 Å². The number of pyridine rings is 1. The summed E-state index contributed by atoms with van der Waals surface area (Å²) < 4.78 is 7.02. The van der Waals surface area contributed by atoms with E-state index >= 15 is 0 Å². The summed E-state index contributed by atoms with van der Waals surface area (Å²) in [6.45, 7) is 4.30. The maximum absolute atomic E-state index is 12.9. The van der Waals surface area contributed by atoms with Crippen LogP contribution < -0.4 is 5.56 Å². The first-order valence-electron chi connectivity index (χ1n) is 9.79. The predicted molar refractivity (Wildman–Crippen MR) is 106 cm³/mol. The van der Waals surface area contributed by atoms with Crippen LogP contribution in [0.2, 0.25) is 0 Å². The van der Waals surface area contributed by atoms with Crippen LogP contribution in [0, 0.1) is 12.8 Å². The van der Waals surface area contributed by atoms with Crippen molar-refractivity contribution in [2.24, 2.45) is 5.92 Å². The van der Waals surface area contributed by atoms with Crippen LogP contribution in [0.1, 0.15) is 41.2 Å². The monoisotopic (exact) mass is 385 g/mol. The second-order valence-corrected chi connectivity index (χ2v) is 8.29. The van der Waals surface area contributed by atoms with Gasteiger partial charge in [-0.3, -0.25) is 9.36 Å². The van der Waals surface area contributed by atoms with E-state index in [9.17, 15) is 4.79 Å². The van der Waals surface area contributed by atoms with E-state index in [0.29, 0.717) is 28.8 Å². The molecule has 0 aliphatic heterocycles. The van der Waals surface area contributed by atoms with E-state index in [0.717, 1.165) is 17.8 Å². The average molecular weight is 385 g/mol. The standard InChI is InChI=1S/C22H19N5O2/c1-12-7-8-23-19-17(12)20(28)27(11-24-19)10-16-25-21(26-29-16)22(2)15-9-13-5-3-4-6-14(13)18(15)22/h3-8,11,15,18H,9-10H2,1-2H3/t15-,18+,22+/m0/s1. The third-order valence-electron chi connectivity index (χ3n) is 6.73. The zero-order valence-electron chi connectivity index (χ0n) is 16.2. The molecule has 0 saturated heterocycles. The molecular formula is C22H19N5O2. The molecular weight excluding hydrogens is 366 g/mol. The van der Waals surface area contributed by atoms with Gasteiger partial charge in [0.2, 0.25) is 5.89 Å². The number of benzene rings is 1. The number of hydrogen-bond acceptors (Lipinski definition) is 6. The van der Waals surface area contributed by atoms with Crippen molar-refractivity contribution in [3.8, 4) is 0 Å². The van der Waals surface area contributed by atoms with E-state index in [2.05, 4.69) is 51.3 Å². The number of rotatable bonds is 3. The fraction of sp³-hybridized carbons (Fsp3) is 0.318. The number of aromatic nitrogens is 5. The molecule has 29 heavy (non-hydrogen) atoms. The molecule has 1 aromatic carbocycles. The fourth-order valence-electron chi connectivity index (χ4n) is 5.06. The zero-order valence-corrected chi connectivity index (χ0v) is 16.2. The lowest BCUT2D eigenvalue weighted by molar-refractivity contribution is 0.359. The zero-order chi connectivity index (χ0) is 19.8. The SMILES string of the molecule is Cc1ccnc2ncn(Cc3nc([C@@]4(C)[C@@H]5c6ccccc6C[C@@H]54)no3)c(=O)c12. The lowest BCUT2D eigenvalue weighted by Gasteiger charge is -2.12. The maximum Gasteiger partial charge on any atom is 0.263 e. The number of fused-ring (bicyclic) bond motifs is 4. The van der Waals surface area contributed by atoms with Crippen LogP contribution in [0.3, 0.4) is 0 Å². The Hall–Kier alpha value is -3.35. The van der Waals surface area contributed by atoms with E-state index in [1.165, 1.54) is 22.0 Å². The number of nitrogens with zero attached hydrogens (tertiary/aromatic N) is 5. The highest BCUT2D eigenvalue weighted by Gasteiger charge is 2.68. The normalized spacial score (nSPS) is 24.5. The lowest BCUT2D eigenvalue weighted by Crippen LogP contribution is -2.22. The first kappa shape index (κ1) is 16.6. The molecule has 0 N–H and O–H groups in total. The van der Waals surface area contributed by atoms with Crippen molar-refractivity contribution in [1.82, 2.24) is 24.7 Å². The summed E-state index contributed by atoms with van der Waals surface area (Å²) in [7, 11) is 0. The van der Waals surface area contributed by atoms with Crippen LogP contribution in [0.5, 0.6) is 0 Å². The van der Waals surface area contributed by atoms with Crippen LogP contribution in [-0.4, -0.2) is 24.7 Å². The lowest BCUT2D eigenvalue weighted by atomic mass is 9.92. The molecule has 2 aliphatic rings. The molecule has 3 aromatic heterocycles. The van der Waals surface area contributed by atoms with E-state index < -0.39 is 0 Å². The van der Waals surface area contributed by atoms with Gasteiger partial charge in [0.25, 0.3) is 5.56 Å². The molecule has 0 unspecified atom stereocenters. The summed E-state index contributed by atoms with van der Waals surface area (Å²) in [6, 6.07) is 10.4.